The summed E-state index contributed by atoms with van der Waals surface area (Å²) < 4.78 is 55.3. The molecule has 0 atom stereocenters. The molecule has 0 radical (unpaired) electrons. The first-order valence-electron chi connectivity index (χ1n) is 3.40. The Morgan fingerprint density at radius 1 is 0.929 bits per heavy atom. The molecule has 2 rings (SSSR count). The third-order valence-corrected chi connectivity index (χ3v) is 1.72. The Morgan fingerprint density at radius 3 is 2.14 bits per heavy atom. The lowest BCUT2D eigenvalue weighted by Gasteiger charge is -1.97. The summed E-state index contributed by atoms with van der Waals surface area (Å²) >= 11 is 0. The van der Waals surface area contributed by atoms with Gasteiger partial charge in [0, 0.05) is 0 Å². The minimum absolute atomic E-state index is 0.602. The minimum Gasteiger partial charge on any atom is -0.367 e. The number of nitrogens with two attached hydrogens (primary N) is 1. The van der Waals surface area contributed by atoms with Crippen molar-refractivity contribution in [1.29, 1.82) is 0 Å². The van der Waals surface area contributed by atoms with Gasteiger partial charge in [-0.15, -0.1) is 0 Å². The fourth-order valence-electron chi connectivity index (χ4n) is 1.07. The highest BCUT2D eigenvalue weighted by molar-refractivity contribution is 5.88. The Hall–Kier alpha value is -1.79. The van der Waals surface area contributed by atoms with Gasteiger partial charge in [0.15, 0.2) is 28.8 Å². The van der Waals surface area contributed by atoms with Crippen LogP contribution in [-0.4, -0.2) is 5.16 Å². The van der Waals surface area contributed by atoms with Gasteiger partial charge in [-0.05, 0) is 0 Å². The number of hydrogen-bond acceptors (Lipinski definition) is 3. The van der Waals surface area contributed by atoms with E-state index in [2.05, 4.69) is 9.68 Å². The number of anilines is 1. The summed E-state index contributed by atoms with van der Waals surface area (Å²) in [5, 5.41) is 2.27. The molecule has 0 saturated carbocycles. The first-order valence-corrected chi connectivity index (χ1v) is 3.40. The van der Waals surface area contributed by atoms with Crippen LogP contribution in [0.3, 0.4) is 0 Å². The molecule has 14 heavy (non-hydrogen) atoms. The third kappa shape index (κ3) is 0.889. The minimum atomic E-state index is -1.94. The molecule has 0 unspecified atom stereocenters. The lowest BCUT2D eigenvalue weighted by Crippen LogP contribution is -1.97. The molecule has 1 aromatic heterocycles. The molecule has 74 valence electrons. The highest BCUT2D eigenvalue weighted by atomic mass is 19.2. The fourth-order valence-corrected chi connectivity index (χ4v) is 1.07. The maximum absolute atomic E-state index is 13.0. The van der Waals surface area contributed by atoms with Gasteiger partial charge in [-0.3, -0.25) is 0 Å². The van der Waals surface area contributed by atoms with E-state index in [4.69, 9.17) is 5.73 Å². The van der Waals surface area contributed by atoms with Gasteiger partial charge in [-0.2, -0.15) is 0 Å². The van der Waals surface area contributed by atoms with Crippen molar-refractivity contribution in [2.45, 2.75) is 0 Å². The monoisotopic (exact) mass is 206 g/mol. The SMILES string of the molecule is Nc1onc2c(F)c(F)c(F)c(F)c12. The van der Waals surface area contributed by atoms with Crippen molar-refractivity contribution in [2.24, 2.45) is 0 Å². The van der Waals surface area contributed by atoms with Crippen LogP contribution in [-0.2, 0) is 0 Å². The maximum Gasteiger partial charge on any atom is 0.233 e. The second kappa shape index (κ2) is 2.60. The second-order valence-corrected chi connectivity index (χ2v) is 2.53. The molecule has 1 heterocycles. The molecule has 2 N–H and O–H groups in total. The van der Waals surface area contributed by atoms with Crippen molar-refractivity contribution in [2.75, 3.05) is 5.73 Å². The van der Waals surface area contributed by atoms with E-state index in [-0.39, 0.29) is 0 Å². The number of nitrogen functional groups attached to an aromatic ring is 1. The lowest BCUT2D eigenvalue weighted by molar-refractivity contribution is 0.414. The van der Waals surface area contributed by atoms with Crippen LogP contribution < -0.4 is 5.73 Å². The third-order valence-electron chi connectivity index (χ3n) is 1.72. The van der Waals surface area contributed by atoms with E-state index < -0.39 is 40.1 Å². The van der Waals surface area contributed by atoms with Crippen LogP contribution in [0.15, 0.2) is 4.52 Å². The summed E-state index contributed by atoms with van der Waals surface area (Å²) in [7, 11) is 0. The Balaban J connectivity index is 3.05. The van der Waals surface area contributed by atoms with Crippen molar-refractivity contribution in [3.63, 3.8) is 0 Å². The van der Waals surface area contributed by atoms with E-state index >= 15 is 0 Å². The average Bonchev–Trinajstić information content (AvgIpc) is 2.54. The lowest BCUT2D eigenvalue weighted by atomic mass is 10.2. The highest BCUT2D eigenvalue weighted by Crippen LogP contribution is 2.29. The number of halogens is 4. The first kappa shape index (κ1) is 8.79. The van der Waals surface area contributed by atoms with E-state index in [1.54, 1.807) is 0 Å². The number of fused-ring (bicyclic) bond motifs is 1. The molecule has 0 aliphatic carbocycles. The largest absolute Gasteiger partial charge is 0.367 e. The molecule has 0 aliphatic heterocycles. The van der Waals surface area contributed by atoms with Gasteiger partial charge < -0.3 is 10.3 Å². The van der Waals surface area contributed by atoms with Crippen LogP contribution in [0, 0.1) is 23.3 Å². The molecule has 2 aromatic rings. The molecule has 0 aliphatic rings. The molecule has 0 saturated heterocycles. The molecule has 0 fully saturated rings. The quantitative estimate of drug-likeness (QED) is 0.407. The molecular formula is C7H2F4N2O. The zero-order valence-electron chi connectivity index (χ0n) is 6.44. The number of aromatic nitrogens is 1. The molecule has 0 bridgehead atoms. The Kier molecular flexibility index (Phi) is 1.63. The highest BCUT2D eigenvalue weighted by Gasteiger charge is 2.25. The van der Waals surface area contributed by atoms with Crippen LogP contribution >= 0.6 is 0 Å². The van der Waals surface area contributed by atoms with Crippen molar-refractivity contribution in [1.82, 2.24) is 5.16 Å². The van der Waals surface area contributed by atoms with E-state index in [0.29, 0.717) is 0 Å². The summed E-state index contributed by atoms with van der Waals surface area (Å²) in [5.74, 6) is -7.72. The van der Waals surface area contributed by atoms with Crippen molar-refractivity contribution >= 4 is 16.8 Å². The predicted molar refractivity (Wildman–Crippen MR) is 38.3 cm³/mol. The van der Waals surface area contributed by atoms with Crippen LogP contribution in [0.4, 0.5) is 23.4 Å². The molecule has 0 spiro atoms. The van der Waals surface area contributed by atoms with Gasteiger partial charge in [-0.25, -0.2) is 17.6 Å². The summed E-state index contributed by atoms with van der Waals surface area (Å²) in [4.78, 5) is 0. The number of benzene rings is 1. The van der Waals surface area contributed by atoms with Crippen molar-refractivity contribution in [3.8, 4) is 0 Å². The topological polar surface area (TPSA) is 52.0 Å². The smallest absolute Gasteiger partial charge is 0.233 e. The fraction of sp³-hybridized carbons (Fsp3) is 0. The Bertz CT molecular complexity index is 522. The van der Waals surface area contributed by atoms with Gasteiger partial charge in [0.1, 0.15) is 5.39 Å². The average molecular weight is 206 g/mol. The number of rotatable bonds is 0. The maximum atomic E-state index is 13.0. The van der Waals surface area contributed by atoms with Crippen molar-refractivity contribution < 1.29 is 22.1 Å². The second-order valence-electron chi connectivity index (χ2n) is 2.53. The van der Waals surface area contributed by atoms with Gasteiger partial charge in [0.05, 0.1) is 0 Å². The van der Waals surface area contributed by atoms with E-state index in [1.165, 1.54) is 0 Å². The van der Waals surface area contributed by atoms with Gasteiger partial charge >= 0.3 is 0 Å². The standard InChI is InChI=1S/C7H2F4N2O/c8-2-1-6(13-14-7(1)12)5(11)4(10)3(2)9/h12H2. The van der Waals surface area contributed by atoms with Crippen LogP contribution in [0.5, 0.6) is 0 Å². The number of hydrogen-bond donors (Lipinski definition) is 1. The number of nitrogens with zero attached hydrogens (tertiary/aromatic N) is 1. The molecule has 7 heteroatoms. The predicted octanol–water partition coefficient (Wildman–Crippen LogP) is 1.97. The zero-order chi connectivity index (χ0) is 10.5. The molecular weight excluding hydrogens is 204 g/mol. The zero-order valence-corrected chi connectivity index (χ0v) is 6.44. The van der Waals surface area contributed by atoms with Crippen LogP contribution in [0.2, 0.25) is 0 Å². The summed E-state index contributed by atoms with van der Waals surface area (Å²) in [6.45, 7) is 0. The van der Waals surface area contributed by atoms with Crippen LogP contribution in [0.25, 0.3) is 10.9 Å². The van der Waals surface area contributed by atoms with E-state index in [9.17, 15) is 17.6 Å². The first-order chi connectivity index (χ1) is 6.54. The molecule has 1 aromatic carbocycles. The van der Waals surface area contributed by atoms with Crippen molar-refractivity contribution in [3.05, 3.63) is 23.3 Å². The molecule has 0 amide bonds. The molecule has 3 nitrogen and oxygen atoms in total. The van der Waals surface area contributed by atoms with E-state index in [1.807, 2.05) is 0 Å². The Labute approximate surface area is 74.1 Å². The summed E-state index contributed by atoms with van der Waals surface area (Å²) in [6, 6.07) is 0. The van der Waals surface area contributed by atoms with E-state index in [0.717, 1.165) is 0 Å². The summed E-state index contributed by atoms with van der Waals surface area (Å²) in [6.07, 6.45) is 0. The van der Waals surface area contributed by atoms with Crippen LogP contribution in [0.1, 0.15) is 0 Å². The van der Waals surface area contributed by atoms with Gasteiger partial charge in [-0.1, -0.05) is 5.16 Å². The normalized spacial score (nSPS) is 11.1. The summed E-state index contributed by atoms with van der Waals surface area (Å²) in [5.41, 5.74) is 4.28. The van der Waals surface area contributed by atoms with Gasteiger partial charge in [0.25, 0.3) is 0 Å². The Morgan fingerprint density at radius 2 is 1.50 bits per heavy atom. The van der Waals surface area contributed by atoms with Gasteiger partial charge in [0.2, 0.25) is 5.88 Å².